The summed E-state index contributed by atoms with van der Waals surface area (Å²) in [7, 11) is 0. The standard InChI is InChI=1S/C22H25F3N4O3S/c1-2-32-21(31)18-12-5-3-4-6-15(12)33-20(18)27-19(30)14-10-17-26-13(11-7-8-11)9-16(22(23,24)25)29(17)28-14/h10-11,13,16,26H,2-9H2,1H3,(H,27,30)/t13-,16+/m0/s1. The van der Waals surface area contributed by atoms with Gasteiger partial charge in [-0.15, -0.1) is 11.3 Å². The molecule has 0 aromatic carbocycles. The van der Waals surface area contributed by atoms with Gasteiger partial charge in [0.2, 0.25) is 0 Å². The maximum atomic E-state index is 13.7. The molecule has 2 aromatic rings. The fourth-order valence-electron chi connectivity index (χ4n) is 4.76. The number of fused-ring (bicyclic) bond motifs is 2. The van der Waals surface area contributed by atoms with Gasteiger partial charge < -0.3 is 15.4 Å². The minimum absolute atomic E-state index is 0.103. The average Bonchev–Trinajstić information content (AvgIpc) is 3.41. The number of nitrogens with one attached hydrogen (secondary N) is 2. The zero-order valence-electron chi connectivity index (χ0n) is 18.1. The van der Waals surface area contributed by atoms with Crippen LogP contribution in [0.2, 0.25) is 0 Å². The number of rotatable bonds is 5. The fraction of sp³-hybridized carbons (Fsp3) is 0.591. The van der Waals surface area contributed by atoms with Gasteiger partial charge in [-0.25, -0.2) is 9.48 Å². The smallest absolute Gasteiger partial charge is 0.410 e. The quantitative estimate of drug-likeness (QED) is 0.589. The highest BCUT2D eigenvalue weighted by Gasteiger charge is 2.49. The van der Waals surface area contributed by atoms with E-state index in [1.54, 1.807) is 6.92 Å². The average molecular weight is 483 g/mol. The number of amides is 1. The number of esters is 1. The molecule has 1 saturated carbocycles. The molecular weight excluding hydrogens is 457 g/mol. The fourth-order valence-corrected chi connectivity index (χ4v) is 6.03. The van der Waals surface area contributed by atoms with Gasteiger partial charge in [0.15, 0.2) is 11.7 Å². The zero-order chi connectivity index (χ0) is 23.3. The first-order valence-electron chi connectivity index (χ1n) is 11.3. The summed E-state index contributed by atoms with van der Waals surface area (Å²) in [5.41, 5.74) is 1.13. The Morgan fingerprint density at radius 3 is 2.76 bits per heavy atom. The van der Waals surface area contributed by atoms with Crippen molar-refractivity contribution in [3.63, 3.8) is 0 Å². The van der Waals surface area contributed by atoms with Crippen molar-refractivity contribution in [2.45, 2.75) is 70.1 Å². The van der Waals surface area contributed by atoms with E-state index in [9.17, 15) is 22.8 Å². The minimum atomic E-state index is -4.46. The highest BCUT2D eigenvalue weighted by molar-refractivity contribution is 7.17. The van der Waals surface area contributed by atoms with Crippen LogP contribution in [0.4, 0.5) is 24.0 Å². The third-order valence-electron chi connectivity index (χ3n) is 6.52. The van der Waals surface area contributed by atoms with Crippen molar-refractivity contribution in [1.29, 1.82) is 0 Å². The molecule has 33 heavy (non-hydrogen) atoms. The van der Waals surface area contributed by atoms with Crippen LogP contribution in [0.1, 0.15) is 76.4 Å². The molecule has 5 rings (SSSR count). The number of hydrogen-bond donors (Lipinski definition) is 2. The summed E-state index contributed by atoms with van der Waals surface area (Å²) in [6.07, 6.45) is 0.748. The van der Waals surface area contributed by atoms with Gasteiger partial charge in [0, 0.05) is 17.0 Å². The van der Waals surface area contributed by atoms with Gasteiger partial charge >= 0.3 is 12.1 Å². The number of thiophene rings is 1. The number of hydrogen-bond acceptors (Lipinski definition) is 6. The Balaban J connectivity index is 1.44. The molecule has 0 spiro atoms. The minimum Gasteiger partial charge on any atom is -0.462 e. The number of halogens is 3. The molecule has 2 atom stereocenters. The number of carbonyl (C=O) groups is 2. The number of alkyl halides is 3. The maximum Gasteiger partial charge on any atom is 0.410 e. The number of carbonyl (C=O) groups excluding carboxylic acids is 2. The normalized spacial score (nSPS) is 22.2. The molecular formula is C22H25F3N4O3S. The molecule has 2 aliphatic carbocycles. The Morgan fingerprint density at radius 1 is 1.30 bits per heavy atom. The van der Waals surface area contributed by atoms with Crippen LogP contribution < -0.4 is 10.6 Å². The molecule has 3 aliphatic rings. The van der Waals surface area contributed by atoms with Crippen molar-refractivity contribution >= 4 is 34.0 Å². The van der Waals surface area contributed by atoms with Crippen LogP contribution in [0.5, 0.6) is 0 Å². The van der Waals surface area contributed by atoms with Crippen LogP contribution >= 0.6 is 11.3 Å². The van der Waals surface area contributed by atoms with Gasteiger partial charge in [0.25, 0.3) is 5.91 Å². The van der Waals surface area contributed by atoms with Gasteiger partial charge in [-0.05, 0) is 63.4 Å². The zero-order valence-corrected chi connectivity index (χ0v) is 18.9. The summed E-state index contributed by atoms with van der Waals surface area (Å²) in [6.45, 7) is 1.92. The number of aryl methyl sites for hydroxylation is 1. The Hall–Kier alpha value is -2.56. The molecule has 1 fully saturated rings. The first-order valence-corrected chi connectivity index (χ1v) is 12.1. The summed E-state index contributed by atoms with van der Waals surface area (Å²) >= 11 is 1.33. The van der Waals surface area contributed by atoms with Crippen molar-refractivity contribution in [2.75, 3.05) is 17.2 Å². The predicted octanol–water partition coefficient (Wildman–Crippen LogP) is 4.95. The summed E-state index contributed by atoms with van der Waals surface area (Å²) < 4.78 is 47.3. The van der Waals surface area contributed by atoms with Crippen molar-refractivity contribution in [3.8, 4) is 0 Å². The van der Waals surface area contributed by atoms with Crippen LogP contribution in [0.3, 0.4) is 0 Å². The highest BCUT2D eigenvalue weighted by Crippen LogP contribution is 2.46. The molecule has 0 unspecified atom stereocenters. The van der Waals surface area contributed by atoms with E-state index in [0.717, 1.165) is 53.6 Å². The SMILES string of the molecule is CCOC(=O)c1c(NC(=O)c2cc3n(n2)[C@@H](C(F)(F)F)C[C@@H](C2CC2)N3)sc2c1CCCC2. The topological polar surface area (TPSA) is 85.2 Å². The molecule has 0 bridgehead atoms. The highest BCUT2D eigenvalue weighted by atomic mass is 32.1. The summed E-state index contributed by atoms with van der Waals surface area (Å²) in [6, 6.07) is -0.693. The van der Waals surface area contributed by atoms with E-state index in [-0.39, 0.29) is 36.5 Å². The third kappa shape index (κ3) is 4.22. The molecule has 11 heteroatoms. The second-order valence-corrected chi connectivity index (χ2v) is 9.94. The molecule has 2 N–H and O–H groups in total. The third-order valence-corrected chi connectivity index (χ3v) is 7.73. The van der Waals surface area contributed by atoms with Crippen LogP contribution in [0, 0.1) is 5.92 Å². The summed E-state index contributed by atoms with van der Waals surface area (Å²) in [5.74, 6) is -0.726. The van der Waals surface area contributed by atoms with Gasteiger partial charge in [-0.1, -0.05) is 0 Å². The van der Waals surface area contributed by atoms with Gasteiger partial charge in [-0.3, -0.25) is 4.79 Å². The van der Waals surface area contributed by atoms with Crippen molar-refractivity contribution in [1.82, 2.24) is 9.78 Å². The van der Waals surface area contributed by atoms with Gasteiger partial charge in [-0.2, -0.15) is 18.3 Å². The summed E-state index contributed by atoms with van der Waals surface area (Å²) in [4.78, 5) is 26.7. The lowest BCUT2D eigenvalue weighted by Gasteiger charge is -2.33. The van der Waals surface area contributed by atoms with E-state index >= 15 is 0 Å². The Kier molecular flexibility index (Phi) is 5.62. The molecule has 0 saturated heterocycles. The molecule has 1 amide bonds. The molecule has 178 valence electrons. The van der Waals surface area contributed by atoms with E-state index in [4.69, 9.17) is 4.74 Å². The first-order chi connectivity index (χ1) is 15.8. The van der Waals surface area contributed by atoms with Crippen LogP contribution in [0.25, 0.3) is 0 Å². The monoisotopic (exact) mass is 482 g/mol. The van der Waals surface area contributed by atoms with E-state index in [2.05, 4.69) is 15.7 Å². The van der Waals surface area contributed by atoms with Crippen molar-refractivity contribution < 1.29 is 27.5 Å². The number of aromatic nitrogens is 2. The van der Waals surface area contributed by atoms with Crippen molar-refractivity contribution in [2.24, 2.45) is 5.92 Å². The predicted molar refractivity (Wildman–Crippen MR) is 117 cm³/mol. The Labute approximate surface area is 192 Å². The second-order valence-electron chi connectivity index (χ2n) is 8.83. The van der Waals surface area contributed by atoms with Crippen molar-refractivity contribution in [3.05, 3.63) is 27.8 Å². The Bertz CT molecular complexity index is 1090. The largest absolute Gasteiger partial charge is 0.462 e. The Morgan fingerprint density at radius 2 is 2.06 bits per heavy atom. The lowest BCUT2D eigenvalue weighted by molar-refractivity contribution is -0.174. The second kappa shape index (κ2) is 8.34. The van der Waals surface area contributed by atoms with E-state index in [1.165, 1.54) is 17.4 Å². The lowest BCUT2D eigenvalue weighted by atomic mass is 9.95. The molecule has 0 radical (unpaired) electrons. The maximum absolute atomic E-state index is 13.7. The van der Waals surface area contributed by atoms with E-state index in [1.807, 2.05) is 0 Å². The molecule has 2 aromatic heterocycles. The van der Waals surface area contributed by atoms with Gasteiger partial charge in [0.05, 0.1) is 12.2 Å². The number of anilines is 2. The van der Waals surface area contributed by atoms with Crippen LogP contribution in [-0.2, 0) is 17.6 Å². The van der Waals surface area contributed by atoms with Crippen LogP contribution in [-0.4, -0.2) is 40.5 Å². The summed E-state index contributed by atoms with van der Waals surface area (Å²) in [5, 5.41) is 10.2. The molecule has 7 nitrogen and oxygen atoms in total. The number of ether oxygens (including phenoxy) is 1. The lowest BCUT2D eigenvalue weighted by Crippen LogP contribution is -2.40. The van der Waals surface area contributed by atoms with Crippen LogP contribution in [0.15, 0.2) is 6.07 Å². The van der Waals surface area contributed by atoms with Gasteiger partial charge in [0.1, 0.15) is 10.8 Å². The van der Waals surface area contributed by atoms with E-state index < -0.39 is 24.1 Å². The number of nitrogens with zero attached hydrogens (tertiary/aromatic N) is 2. The van der Waals surface area contributed by atoms with E-state index in [0.29, 0.717) is 10.6 Å². The molecule has 3 heterocycles. The first kappa shape index (κ1) is 22.2. The molecule has 1 aliphatic heterocycles.